The second-order valence-electron chi connectivity index (χ2n) is 5.76. The van der Waals surface area contributed by atoms with Crippen LogP contribution in [0.2, 0.25) is 0 Å². The van der Waals surface area contributed by atoms with E-state index in [1.165, 1.54) is 6.42 Å². The molecule has 2 fully saturated rings. The van der Waals surface area contributed by atoms with Crippen LogP contribution in [0.4, 0.5) is 0 Å². The third-order valence-corrected chi connectivity index (χ3v) is 4.60. The number of piperidine rings is 1. The van der Waals surface area contributed by atoms with Crippen molar-refractivity contribution < 1.29 is 9.90 Å². The van der Waals surface area contributed by atoms with E-state index >= 15 is 0 Å². The van der Waals surface area contributed by atoms with Crippen LogP contribution in [-0.2, 0) is 0 Å². The van der Waals surface area contributed by atoms with Gasteiger partial charge >= 0.3 is 0 Å². The zero-order chi connectivity index (χ0) is 13.3. The molecule has 1 N–H and O–H groups in total. The molecule has 102 valence electrons. The fraction of sp³-hybridized carbons (Fsp3) is 0.600. The van der Waals surface area contributed by atoms with Gasteiger partial charge in [-0.25, -0.2) is 0 Å². The van der Waals surface area contributed by atoms with Crippen LogP contribution >= 0.6 is 0 Å². The molecule has 1 amide bonds. The Kier molecular flexibility index (Phi) is 3.27. The van der Waals surface area contributed by atoms with Crippen LogP contribution in [0.1, 0.15) is 42.6 Å². The zero-order valence-corrected chi connectivity index (χ0v) is 11.1. The molecule has 1 aromatic rings. The summed E-state index contributed by atoms with van der Waals surface area (Å²) >= 11 is 0. The third kappa shape index (κ3) is 2.37. The predicted molar refractivity (Wildman–Crippen MR) is 71.7 cm³/mol. The number of hydrogen-bond donors (Lipinski definition) is 1. The van der Waals surface area contributed by atoms with E-state index < -0.39 is 5.60 Å². The van der Waals surface area contributed by atoms with E-state index in [1.54, 1.807) is 12.3 Å². The summed E-state index contributed by atoms with van der Waals surface area (Å²) in [4.78, 5) is 18.3. The first-order valence-corrected chi connectivity index (χ1v) is 7.12. The molecule has 2 heterocycles. The highest BCUT2D eigenvalue weighted by Gasteiger charge is 2.43. The van der Waals surface area contributed by atoms with E-state index in [0.29, 0.717) is 25.2 Å². The summed E-state index contributed by atoms with van der Waals surface area (Å²) in [6, 6.07) is 5.40. The summed E-state index contributed by atoms with van der Waals surface area (Å²) in [6.07, 6.45) is 6.55. The molecule has 0 radical (unpaired) electrons. The number of hydrogen-bond acceptors (Lipinski definition) is 3. The lowest BCUT2D eigenvalue weighted by atomic mass is 9.71. The number of nitrogens with zero attached hydrogens (tertiary/aromatic N) is 2. The first-order valence-electron chi connectivity index (χ1n) is 7.12. The monoisotopic (exact) mass is 260 g/mol. The van der Waals surface area contributed by atoms with Crippen LogP contribution in [-0.4, -0.2) is 39.6 Å². The van der Waals surface area contributed by atoms with Gasteiger partial charge in [-0.05, 0) is 31.4 Å². The van der Waals surface area contributed by atoms with Crippen molar-refractivity contribution in [2.75, 3.05) is 13.1 Å². The van der Waals surface area contributed by atoms with Gasteiger partial charge in [-0.15, -0.1) is 0 Å². The SMILES string of the molecule is O=C(c1ccccn1)N1CCC2(O)CCCCC2C1. The van der Waals surface area contributed by atoms with E-state index in [0.717, 1.165) is 19.3 Å². The Hall–Kier alpha value is -1.42. The van der Waals surface area contributed by atoms with Crippen molar-refractivity contribution in [1.82, 2.24) is 9.88 Å². The van der Waals surface area contributed by atoms with Gasteiger partial charge in [0.05, 0.1) is 5.60 Å². The number of aliphatic hydroxyl groups is 1. The number of amides is 1. The van der Waals surface area contributed by atoms with Gasteiger partial charge in [0.25, 0.3) is 5.91 Å². The van der Waals surface area contributed by atoms with Gasteiger partial charge in [-0.1, -0.05) is 18.9 Å². The van der Waals surface area contributed by atoms with Gasteiger partial charge in [0.2, 0.25) is 0 Å². The number of carbonyl (C=O) groups excluding carboxylic acids is 1. The maximum Gasteiger partial charge on any atom is 0.272 e. The van der Waals surface area contributed by atoms with Crippen LogP contribution in [0.3, 0.4) is 0 Å². The first-order chi connectivity index (χ1) is 9.19. The lowest BCUT2D eigenvalue weighted by Gasteiger charge is -2.47. The molecule has 2 atom stereocenters. The van der Waals surface area contributed by atoms with Gasteiger partial charge in [-0.3, -0.25) is 9.78 Å². The van der Waals surface area contributed by atoms with Crippen molar-refractivity contribution in [2.45, 2.75) is 37.7 Å². The predicted octanol–water partition coefficient (Wildman–Crippen LogP) is 1.85. The summed E-state index contributed by atoms with van der Waals surface area (Å²) in [5.74, 6) is 0.232. The quantitative estimate of drug-likeness (QED) is 0.838. The second kappa shape index (κ2) is 4.93. The summed E-state index contributed by atoms with van der Waals surface area (Å²) in [5, 5.41) is 10.6. The molecule has 4 nitrogen and oxygen atoms in total. The van der Waals surface area contributed by atoms with Crippen LogP contribution < -0.4 is 0 Å². The van der Waals surface area contributed by atoms with Gasteiger partial charge < -0.3 is 10.0 Å². The van der Waals surface area contributed by atoms with Gasteiger partial charge in [-0.2, -0.15) is 0 Å². The smallest absolute Gasteiger partial charge is 0.272 e. The average molecular weight is 260 g/mol. The van der Waals surface area contributed by atoms with E-state index in [2.05, 4.69) is 4.98 Å². The normalized spacial score (nSPS) is 30.8. The Balaban J connectivity index is 1.73. The van der Waals surface area contributed by atoms with Crippen molar-refractivity contribution in [3.05, 3.63) is 30.1 Å². The maximum absolute atomic E-state index is 12.4. The zero-order valence-electron chi connectivity index (χ0n) is 11.1. The number of pyridine rings is 1. The molecule has 1 aliphatic heterocycles. The van der Waals surface area contributed by atoms with Gasteiger partial charge in [0.15, 0.2) is 0 Å². The summed E-state index contributed by atoms with van der Waals surface area (Å²) in [6.45, 7) is 1.31. The third-order valence-electron chi connectivity index (χ3n) is 4.60. The topological polar surface area (TPSA) is 53.4 Å². The number of carbonyl (C=O) groups is 1. The summed E-state index contributed by atoms with van der Waals surface area (Å²) in [7, 11) is 0. The maximum atomic E-state index is 12.4. The summed E-state index contributed by atoms with van der Waals surface area (Å²) < 4.78 is 0. The highest BCUT2D eigenvalue weighted by molar-refractivity contribution is 5.92. The number of likely N-dealkylation sites (tertiary alicyclic amines) is 1. The molecule has 1 aromatic heterocycles. The Morgan fingerprint density at radius 3 is 3.05 bits per heavy atom. The largest absolute Gasteiger partial charge is 0.389 e. The average Bonchev–Trinajstić information content (AvgIpc) is 2.46. The van der Waals surface area contributed by atoms with Crippen molar-refractivity contribution >= 4 is 5.91 Å². The molecule has 2 unspecified atom stereocenters. The second-order valence-corrected chi connectivity index (χ2v) is 5.76. The molecule has 0 spiro atoms. The highest BCUT2D eigenvalue weighted by atomic mass is 16.3. The molecule has 2 aliphatic rings. The lowest BCUT2D eigenvalue weighted by Crippen LogP contribution is -2.54. The van der Waals surface area contributed by atoms with Crippen molar-refractivity contribution in [2.24, 2.45) is 5.92 Å². The Labute approximate surface area is 113 Å². The van der Waals surface area contributed by atoms with Crippen LogP contribution in [0.25, 0.3) is 0 Å². The molecule has 0 bridgehead atoms. The number of rotatable bonds is 1. The first kappa shape index (κ1) is 12.6. The fourth-order valence-corrected chi connectivity index (χ4v) is 3.41. The van der Waals surface area contributed by atoms with E-state index in [1.807, 2.05) is 17.0 Å². The van der Waals surface area contributed by atoms with E-state index in [4.69, 9.17) is 0 Å². The van der Waals surface area contributed by atoms with Crippen LogP contribution in [0, 0.1) is 5.92 Å². The number of aromatic nitrogens is 1. The van der Waals surface area contributed by atoms with Crippen LogP contribution in [0.5, 0.6) is 0 Å². The van der Waals surface area contributed by atoms with E-state index in [9.17, 15) is 9.90 Å². The molecular weight excluding hydrogens is 240 g/mol. The molecule has 1 aliphatic carbocycles. The Bertz CT molecular complexity index is 462. The molecule has 1 saturated heterocycles. The van der Waals surface area contributed by atoms with Crippen molar-refractivity contribution in [3.8, 4) is 0 Å². The minimum absolute atomic E-state index is 0.00627. The Morgan fingerprint density at radius 1 is 1.37 bits per heavy atom. The fourth-order valence-electron chi connectivity index (χ4n) is 3.41. The highest BCUT2D eigenvalue weighted by Crippen LogP contribution is 2.39. The molecule has 4 heteroatoms. The lowest BCUT2D eigenvalue weighted by molar-refractivity contribution is -0.0886. The molecule has 1 saturated carbocycles. The summed E-state index contributed by atoms with van der Waals surface area (Å²) in [5.41, 5.74) is -0.0252. The molecule has 0 aromatic carbocycles. The van der Waals surface area contributed by atoms with Gasteiger partial charge in [0.1, 0.15) is 5.69 Å². The number of fused-ring (bicyclic) bond motifs is 1. The molecule has 19 heavy (non-hydrogen) atoms. The van der Waals surface area contributed by atoms with Crippen molar-refractivity contribution in [1.29, 1.82) is 0 Å². The standard InChI is InChI=1S/C15H20N2O2/c18-14(13-6-2-4-9-16-13)17-10-8-15(19)7-3-1-5-12(15)11-17/h2,4,6,9,12,19H,1,3,5,7-8,10-11H2. The van der Waals surface area contributed by atoms with E-state index in [-0.39, 0.29) is 11.8 Å². The Morgan fingerprint density at radius 2 is 2.26 bits per heavy atom. The molecular formula is C15H20N2O2. The molecule has 3 rings (SSSR count). The van der Waals surface area contributed by atoms with Gasteiger partial charge in [0, 0.05) is 25.2 Å². The van der Waals surface area contributed by atoms with Crippen LogP contribution in [0.15, 0.2) is 24.4 Å². The van der Waals surface area contributed by atoms with Crippen molar-refractivity contribution in [3.63, 3.8) is 0 Å². The minimum Gasteiger partial charge on any atom is -0.389 e. The minimum atomic E-state index is -0.529.